The standard InChI is InChI=1S/C14H26N4/c1-11-14(10-15-13-6-7-13)12(2)18(16-11)9-5-8-17(3)4/h13,15H,5-10H2,1-4H3. The van der Waals surface area contributed by atoms with Crippen LogP contribution in [0.4, 0.5) is 0 Å². The molecule has 1 N–H and O–H groups in total. The van der Waals surface area contributed by atoms with Gasteiger partial charge in [-0.25, -0.2) is 0 Å². The summed E-state index contributed by atoms with van der Waals surface area (Å²) in [6, 6.07) is 0.765. The van der Waals surface area contributed by atoms with Gasteiger partial charge in [-0.15, -0.1) is 0 Å². The Kier molecular flexibility index (Phi) is 4.40. The summed E-state index contributed by atoms with van der Waals surface area (Å²) in [4.78, 5) is 2.22. The molecule has 0 spiro atoms. The first kappa shape index (κ1) is 13.6. The fourth-order valence-corrected chi connectivity index (χ4v) is 2.28. The van der Waals surface area contributed by atoms with E-state index in [2.05, 4.69) is 47.9 Å². The Morgan fingerprint density at radius 3 is 2.67 bits per heavy atom. The molecule has 1 aromatic heterocycles. The van der Waals surface area contributed by atoms with E-state index in [0.717, 1.165) is 32.1 Å². The van der Waals surface area contributed by atoms with E-state index in [4.69, 9.17) is 0 Å². The first-order chi connectivity index (χ1) is 8.58. The van der Waals surface area contributed by atoms with Gasteiger partial charge in [0.05, 0.1) is 5.69 Å². The third-order valence-electron chi connectivity index (χ3n) is 3.65. The van der Waals surface area contributed by atoms with Crippen molar-refractivity contribution in [3.63, 3.8) is 0 Å². The van der Waals surface area contributed by atoms with Crippen LogP contribution in [0.2, 0.25) is 0 Å². The summed E-state index contributed by atoms with van der Waals surface area (Å²) < 4.78 is 2.17. The highest BCUT2D eigenvalue weighted by Crippen LogP contribution is 2.21. The van der Waals surface area contributed by atoms with Crippen LogP contribution in [0.1, 0.15) is 36.2 Å². The van der Waals surface area contributed by atoms with Crippen molar-refractivity contribution in [3.8, 4) is 0 Å². The highest BCUT2D eigenvalue weighted by Gasteiger charge is 2.21. The molecule has 1 aliphatic rings. The smallest absolute Gasteiger partial charge is 0.0641 e. The molecule has 4 nitrogen and oxygen atoms in total. The van der Waals surface area contributed by atoms with E-state index in [9.17, 15) is 0 Å². The molecule has 0 aromatic carbocycles. The molecule has 0 radical (unpaired) electrons. The van der Waals surface area contributed by atoms with Gasteiger partial charge in [0.1, 0.15) is 0 Å². The van der Waals surface area contributed by atoms with E-state index in [1.54, 1.807) is 0 Å². The fraction of sp³-hybridized carbons (Fsp3) is 0.786. The predicted molar refractivity (Wildman–Crippen MR) is 74.7 cm³/mol. The number of nitrogens with zero attached hydrogens (tertiary/aromatic N) is 3. The number of nitrogens with one attached hydrogen (secondary N) is 1. The lowest BCUT2D eigenvalue weighted by Gasteiger charge is -2.10. The summed E-state index contributed by atoms with van der Waals surface area (Å²) in [5.41, 5.74) is 3.91. The van der Waals surface area contributed by atoms with Gasteiger partial charge in [-0.3, -0.25) is 4.68 Å². The quantitative estimate of drug-likeness (QED) is 0.799. The summed E-state index contributed by atoms with van der Waals surface area (Å²) in [5, 5.41) is 8.24. The van der Waals surface area contributed by atoms with Crippen molar-refractivity contribution in [1.82, 2.24) is 20.0 Å². The lowest BCUT2D eigenvalue weighted by molar-refractivity contribution is 0.379. The van der Waals surface area contributed by atoms with E-state index in [1.165, 1.54) is 29.8 Å². The molecule has 102 valence electrons. The molecule has 0 saturated heterocycles. The molecule has 0 bridgehead atoms. The van der Waals surface area contributed by atoms with Gasteiger partial charge in [0.2, 0.25) is 0 Å². The largest absolute Gasteiger partial charge is 0.310 e. The second kappa shape index (κ2) is 5.85. The Labute approximate surface area is 110 Å². The summed E-state index contributed by atoms with van der Waals surface area (Å²) in [5.74, 6) is 0. The van der Waals surface area contributed by atoms with Crippen LogP contribution in [0.5, 0.6) is 0 Å². The predicted octanol–water partition coefficient (Wildman–Crippen LogP) is 1.70. The van der Waals surface area contributed by atoms with Crippen molar-refractivity contribution >= 4 is 0 Å². The molecule has 1 saturated carbocycles. The minimum absolute atomic E-state index is 0.765. The average molecular weight is 250 g/mol. The van der Waals surface area contributed by atoms with Gasteiger partial charge in [-0.2, -0.15) is 5.10 Å². The first-order valence-corrected chi connectivity index (χ1v) is 6.99. The van der Waals surface area contributed by atoms with Crippen molar-refractivity contribution in [3.05, 3.63) is 17.0 Å². The second-order valence-electron chi connectivity index (χ2n) is 5.68. The lowest BCUT2D eigenvalue weighted by Crippen LogP contribution is -2.17. The second-order valence-corrected chi connectivity index (χ2v) is 5.68. The molecule has 0 amide bonds. The van der Waals surface area contributed by atoms with Crippen LogP contribution >= 0.6 is 0 Å². The number of rotatable bonds is 7. The topological polar surface area (TPSA) is 33.1 Å². The van der Waals surface area contributed by atoms with Crippen LogP contribution in [0.25, 0.3) is 0 Å². The van der Waals surface area contributed by atoms with Gasteiger partial charge in [-0.05, 0) is 53.8 Å². The molecular formula is C14H26N4. The van der Waals surface area contributed by atoms with Crippen LogP contribution in [-0.4, -0.2) is 41.4 Å². The van der Waals surface area contributed by atoms with Gasteiger partial charge < -0.3 is 10.2 Å². The van der Waals surface area contributed by atoms with Crippen LogP contribution in [0.3, 0.4) is 0 Å². The maximum Gasteiger partial charge on any atom is 0.0641 e. The molecule has 1 aromatic rings. The summed E-state index contributed by atoms with van der Waals surface area (Å²) in [6.07, 6.45) is 3.84. The number of aryl methyl sites for hydroxylation is 2. The molecule has 0 atom stereocenters. The minimum atomic E-state index is 0.765. The molecule has 0 aliphatic heterocycles. The van der Waals surface area contributed by atoms with Crippen LogP contribution in [0, 0.1) is 13.8 Å². The van der Waals surface area contributed by atoms with Gasteiger partial charge >= 0.3 is 0 Å². The lowest BCUT2D eigenvalue weighted by atomic mass is 10.2. The summed E-state index contributed by atoms with van der Waals surface area (Å²) >= 11 is 0. The normalized spacial score (nSPS) is 15.6. The van der Waals surface area contributed by atoms with E-state index >= 15 is 0 Å². The Balaban J connectivity index is 1.91. The zero-order chi connectivity index (χ0) is 13.1. The highest BCUT2D eigenvalue weighted by atomic mass is 15.3. The molecular weight excluding hydrogens is 224 g/mol. The van der Waals surface area contributed by atoms with Crippen LogP contribution in [-0.2, 0) is 13.1 Å². The van der Waals surface area contributed by atoms with Crippen molar-refractivity contribution in [2.75, 3.05) is 20.6 Å². The number of hydrogen-bond donors (Lipinski definition) is 1. The van der Waals surface area contributed by atoms with Crippen molar-refractivity contribution < 1.29 is 0 Å². The molecule has 4 heteroatoms. The Morgan fingerprint density at radius 1 is 1.33 bits per heavy atom. The molecule has 1 fully saturated rings. The van der Waals surface area contributed by atoms with Gasteiger partial charge in [-0.1, -0.05) is 0 Å². The zero-order valence-electron chi connectivity index (χ0n) is 12.2. The van der Waals surface area contributed by atoms with Gasteiger partial charge in [0.25, 0.3) is 0 Å². The van der Waals surface area contributed by atoms with Gasteiger partial charge in [0.15, 0.2) is 0 Å². The van der Waals surface area contributed by atoms with E-state index in [1.807, 2.05) is 0 Å². The van der Waals surface area contributed by atoms with E-state index in [-0.39, 0.29) is 0 Å². The van der Waals surface area contributed by atoms with Crippen molar-refractivity contribution in [2.45, 2.75) is 52.2 Å². The highest BCUT2D eigenvalue weighted by molar-refractivity contribution is 5.24. The summed E-state index contributed by atoms with van der Waals surface area (Å²) in [6.45, 7) is 7.44. The average Bonchev–Trinajstić information content (AvgIpc) is 3.07. The SMILES string of the molecule is Cc1nn(CCCN(C)C)c(C)c1CNC1CC1. The van der Waals surface area contributed by atoms with E-state index < -0.39 is 0 Å². The molecule has 1 heterocycles. The maximum atomic E-state index is 4.66. The van der Waals surface area contributed by atoms with Gasteiger partial charge in [0, 0.05) is 30.4 Å². The monoisotopic (exact) mass is 250 g/mol. The third-order valence-corrected chi connectivity index (χ3v) is 3.65. The molecule has 18 heavy (non-hydrogen) atoms. The summed E-state index contributed by atoms with van der Waals surface area (Å²) in [7, 11) is 4.23. The van der Waals surface area contributed by atoms with E-state index in [0.29, 0.717) is 0 Å². The van der Waals surface area contributed by atoms with Crippen molar-refractivity contribution in [2.24, 2.45) is 0 Å². The molecule has 1 aliphatic carbocycles. The number of aromatic nitrogens is 2. The maximum absolute atomic E-state index is 4.66. The Morgan fingerprint density at radius 2 is 2.06 bits per heavy atom. The first-order valence-electron chi connectivity index (χ1n) is 6.99. The third kappa shape index (κ3) is 3.56. The van der Waals surface area contributed by atoms with Crippen molar-refractivity contribution in [1.29, 1.82) is 0 Å². The van der Waals surface area contributed by atoms with Crippen LogP contribution in [0.15, 0.2) is 0 Å². The molecule has 0 unspecified atom stereocenters. The minimum Gasteiger partial charge on any atom is -0.310 e. The Hall–Kier alpha value is -0.870. The zero-order valence-corrected chi connectivity index (χ0v) is 12.2. The molecule has 2 rings (SSSR count). The number of hydrogen-bond acceptors (Lipinski definition) is 3. The Bertz CT molecular complexity index is 391. The fourth-order valence-electron chi connectivity index (χ4n) is 2.28. The van der Waals surface area contributed by atoms with Crippen LogP contribution < -0.4 is 5.32 Å².